The second kappa shape index (κ2) is 5.28. The Morgan fingerprint density at radius 1 is 1.24 bits per heavy atom. The molecule has 1 unspecified atom stereocenters. The quantitative estimate of drug-likeness (QED) is 0.871. The van der Waals surface area contributed by atoms with Crippen molar-refractivity contribution in [2.24, 2.45) is 0 Å². The van der Waals surface area contributed by atoms with E-state index in [1.807, 2.05) is 6.07 Å². The van der Waals surface area contributed by atoms with E-state index in [0.717, 1.165) is 5.56 Å². The Bertz CT molecular complexity index is 746. The Hall–Kier alpha value is -1.65. The van der Waals surface area contributed by atoms with E-state index < -0.39 is 0 Å². The number of carbonyl (C=O) groups excluding carboxylic acids is 1. The van der Waals surface area contributed by atoms with Crippen LogP contribution in [0.4, 0.5) is 5.95 Å². The van der Waals surface area contributed by atoms with E-state index in [2.05, 4.69) is 9.97 Å². The van der Waals surface area contributed by atoms with Crippen LogP contribution >= 0.6 is 23.2 Å². The molecule has 0 saturated heterocycles. The number of carbonyl (C=O) groups is 1. The van der Waals surface area contributed by atoms with Crippen molar-refractivity contribution < 1.29 is 4.79 Å². The number of nitrogens with zero attached hydrogens (tertiary/aromatic N) is 2. The first-order chi connectivity index (χ1) is 9.95. The highest BCUT2D eigenvalue weighted by Crippen LogP contribution is 2.37. The number of anilines is 1. The van der Waals surface area contributed by atoms with Crippen molar-refractivity contribution in [2.45, 2.75) is 25.7 Å². The Morgan fingerprint density at radius 2 is 2.00 bits per heavy atom. The van der Waals surface area contributed by atoms with Gasteiger partial charge in [0.25, 0.3) is 0 Å². The minimum Gasteiger partial charge on any atom is -0.368 e. The third-order valence-electron chi connectivity index (χ3n) is 3.73. The average molecular weight is 322 g/mol. The second-order valence-corrected chi connectivity index (χ2v) is 6.03. The molecular weight excluding hydrogens is 309 g/mol. The summed E-state index contributed by atoms with van der Waals surface area (Å²) in [6, 6.07) is 5.34. The van der Waals surface area contributed by atoms with Crippen molar-refractivity contribution in [3.8, 4) is 0 Å². The number of ketones is 1. The molecule has 0 bridgehead atoms. The molecule has 0 amide bonds. The van der Waals surface area contributed by atoms with Crippen molar-refractivity contribution in [1.82, 2.24) is 9.97 Å². The van der Waals surface area contributed by atoms with Crippen molar-refractivity contribution in [2.75, 3.05) is 5.73 Å². The molecule has 1 aliphatic carbocycles. The first kappa shape index (κ1) is 14.3. The van der Waals surface area contributed by atoms with Gasteiger partial charge in [0.1, 0.15) is 0 Å². The van der Waals surface area contributed by atoms with Crippen LogP contribution < -0.4 is 5.73 Å². The number of aryl methyl sites for hydroxylation is 1. The maximum absolute atomic E-state index is 12.4. The lowest BCUT2D eigenvalue weighted by Crippen LogP contribution is -2.23. The molecule has 1 aromatic heterocycles. The van der Waals surface area contributed by atoms with Crippen LogP contribution in [0.3, 0.4) is 0 Å². The number of hydrogen-bond donors (Lipinski definition) is 1. The molecule has 0 fully saturated rings. The van der Waals surface area contributed by atoms with Gasteiger partial charge in [-0.1, -0.05) is 29.3 Å². The van der Waals surface area contributed by atoms with Crippen LogP contribution in [0.15, 0.2) is 18.2 Å². The van der Waals surface area contributed by atoms with E-state index in [4.69, 9.17) is 28.9 Å². The van der Waals surface area contributed by atoms with Crippen LogP contribution in [0.25, 0.3) is 0 Å². The first-order valence-electron chi connectivity index (χ1n) is 6.57. The van der Waals surface area contributed by atoms with Crippen LogP contribution in [-0.4, -0.2) is 15.8 Å². The molecule has 6 heteroatoms. The monoisotopic (exact) mass is 321 g/mol. The number of hydrogen-bond acceptors (Lipinski definition) is 4. The van der Waals surface area contributed by atoms with Gasteiger partial charge in [0.2, 0.25) is 5.95 Å². The number of nitrogen functional groups attached to an aromatic ring is 1. The molecule has 0 saturated carbocycles. The lowest BCUT2D eigenvalue weighted by atomic mass is 9.81. The zero-order valence-electron chi connectivity index (χ0n) is 11.4. The van der Waals surface area contributed by atoms with Gasteiger partial charge in [-0.25, -0.2) is 9.97 Å². The largest absolute Gasteiger partial charge is 0.368 e. The van der Waals surface area contributed by atoms with E-state index in [1.165, 1.54) is 0 Å². The van der Waals surface area contributed by atoms with Gasteiger partial charge >= 0.3 is 0 Å². The van der Waals surface area contributed by atoms with Crippen LogP contribution in [0, 0.1) is 6.92 Å². The summed E-state index contributed by atoms with van der Waals surface area (Å²) in [5.74, 6) is 0.218. The molecule has 2 N–H and O–H groups in total. The molecule has 1 heterocycles. The lowest BCUT2D eigenvalue weighted by Gasteiger charge is -2.25. The second-order valence-electron chi connectivity index (χ2n) is 5.18. The molecule has 0 aliphatic heterocycles. The summed E-state index contributed by atoms with van der Waals surface area (Å²) in [4.78, 5) is 20.7. The molecule has 2 aromatic rings. The predicted octanol–water partition coefficient (Wildman–Crippen LogP) is 3.59. The standard InChI is InChI=1S/C15H13Cl2N3O/c1-7-14-12(20-15(18)19-7)4-8(5-13(14)21)10-3-2-9(16)6-11(10)17/h2-3,6,8H,4-5H2,1H3,(H2,18,19,20). The van der Waals surface area contributed by atoms with Crippen molar-refractivity contribution in [1.29, 1.82) is 0 Å². The fourth-order valence-electron chi connectivity index (χ4n) is 2.85. The topological polar surface area (TPSA) is 68.9 Å². The van der Waals surface area contributed by atoms with Gasteiger partial charge in [-0.15, -0.1) is 0 Å². The highest BCUT2D eigenvalue weighted by molar-refractivity contribution is 6.35. The summed E-state index contributed by atoms with van der Waals surface area (Å²) in [5, 5.41) is 1.15. The fraction of sp³-hybridized carbons (Fsp3) is 0.267. The van der Waals surface area contributed by atoms with Crippen molar-refractivity contribution in [3.63, 3.8) is 0 Å². The summed E-state index contributed by atoms with van der Waals surface area (Å²) in [5.41, 5.74) is 8.54. The summed E-state index contributed by atoms with van der Waals surface area (Å²) in [6.07, 6.45) is 1.01. The minimum atomic E-state index is -0.0107. The fourth-order valence-corrected chi connectivity index (χ4v) is 3.41. The van der Waals surface area contributed by atoms with Crippen LogP contribution in [0.5, 0.6) is 0 Å². The van der Waals surface area contributed by atoms with Gasteiger partial charge in [-0.05, 0) is 37.0 Å². The third-order valence-corrected chi connectivity index (χ3v) is 4.30. The molecule has 1 atom stereocenters. The Labute approximate surface area is 132 Å². The van der Waals surface area contributed by atoms with E-state index in [-0.39, 0.29) is 17.6 Å². The van der Waals surface area contributed by atoms with Crippen LogP contribution in [0.1, 0.15) is 39.6 Å². The van der Waals surface area contributed by atoms with Gasteiger partial charge in [-0.3, -0.25) is 4.79 Å². The number of Topliss-reactive ketones (excluding diaryl/α,β-unsaturated/α-hetero) is 1. The smallest absolute Gasteiger partial charge is 0.220 e. The number of nitrogens with two attached hydrogens (primary N) is 1. The zero-order chi connectivity index (χ0) is 15.1. The molecule has 0 radical (unpaired) electrons. The Morgan fingerprint density at radius 3 is 2.71 bits per heavy atom. The molecular formula is C15H13Cl2N3O. The van der Waals surface area contributed by atoms with Crippen molar-refractivity contribution in [3.05, 3.63) is 50.8 Å². The molecule has 3 rings (SSSR count). The summed E-state index contributed by atoms with van der Waals surface area (Å²) in [7, 11) is 0. The number of aromatic nitrogens is 2. The molecule has 21 heavy (non-hydrogen) atoms. The van der Waals surface area contributed by atoms with E-state index in [1.54, 1.807) is 19.1 Å². The van der Waals surface area contributed by atoms with Gasteiger partial charge in [-0.2, -0.15) is 0 Å². The number of rotatable bonds is 1. The van der Waals surface area contributed by atoms with Crippen LogP contribution in [-0.2, 0) is 6.42 Å². The van der Waals surface area contributed by atoms with Crippen molar-refractivity contribution >= 4 is 34.9 Å². The first-order valence-corrected chi connectivity index (χ1v) is 7.32. The van der Waals surface area contributed by atoms with Gasteiger partial charge < -0.3 is 5.73 Å². The lowest BCUT2D eigenvalue weighted by molar-refractivity contribution is 0.0962. The van der Waals surface area contributed by atoms with Gasteiger partial charge in [0.15, 0.2) is 5.78 Å². The van der Waals surface area contributed by atoms with E-state index in [0.29, 0.717) is 39.8 Å². The highest BCUT2D eigenvalue weighted by atomic mass is 35.5. The molecule has 4 nitrogen and oxygen atoms in total. The van der Waals surface area contributed by atoms with E-state index >= 15 is 0 Å². The minimum absolute atomic E-state index is 0.0107. The summed E-state index contributed by atoms with van der Waals surface area (Å²) in [6.45, 7) is 1.78. The maximum atomic E-state index is 12.4. The highest BCUT2D eigenvalue weighted by Gasteiger charge is 2.30. The summed E-state index contributed by atoms with van der Waals surface area (Å²) < 4.78 is 0. The SMILES string of the molecule is Cc1nc(N)nc2c1C(=O)CC(c1ccc(Cl)cc1Cl)C2. The summed E-state index contributed by atoms with van der Waals surface area (Å²) >= 11 is 12.2. The molecule has 0 spiro atoms. The average Bonchev–Trinajstić information content (AvgIpc) is 2.36. The third kappa shape index (κ3) is 2.61. The van der Waals surface area contributed by atoms with E-state index in [9.17, 15) is 4.79 Å². The van der Waals surface area contributed by atoms with Gasteiger partial charge in [0.05, 0.1) is 17.0 Å². The maximum Gasteiger partial charge on any atom is 0.220 e. The molecule has 1 aromatic carbocycles. The number of benzene rings is 1. The predicted molar refractivity (Wildman–Crippen MR) is 83.0 cm³/mol. The zero-order valence-corrected chi connectivity index (χ0v) is 12.9. The Balaban J connectivity index is 2.04. The van der Waals surface area contributed by atoms with Gasteiger partial charge in [0, 0.05) is 16.5 Å². The number of fused-ring (bicyclic) bond motifs is 1. The number of halogens is 2. The molecule has 108 valence electrons. The molecule has 1 aliphatic rings. The Kier molecular flexibility index (Phi) is 3.59. The van der Waals surface area contributed by atoms with Crippen LogP contribution in [0.2, 0.25) is 10.0 Å². The normalized spacial score (nSPS) is 17.7.